The van der Waals surface area contributed by atoms with E-state index in [4.69, 9.17) is 16.9 Å². The lowest BCUT2D eigenvalue weighted by molar-refractivity contribution is -0.136. The number of aromatic nitrogens is 1. The van der Waals surface area contributed by atoms with Crippen LogP contribution >= 0.6 is 11.6 Å². The molecule has 7 nitrogen and oxygen atoms in total. The zero-order valence-electron chi connectivity index (χ0n) is 20.6. The molecule has 0 radical (unpaired) electrons. The Labute approximate surface area is 212 Å². The van der Waals surface area contributed by atoms with Gasteiger partial charge in [-0.1, -0.05) is 11.6 Å². The second-order valence-electron chi connectivity index (χ2n) is 9.81. The standard InChI is InChI=1S/C27H32ClN5O2/c1-17-15-32(8-9-33(17)26(34)10-20-4-5-20)16-23-12-24(28)13-25(18(23)2)31-27(35)22-11-21(6-7-29)19(3)30-14-22/h11-14,17,20H,4-6,8-10,15-16H2,1-3H3,(H,31,35)/t17-/m0/s1. The quantitative estimate of drug-likeness (QED) is 0.613. The molecule has 1 saturated heterocycles. The molecule has 1 aromatic heterocycles. The van der Waals surface area contributed by atoms with Gasteiger partial charge in [0.05, 0.1) is 18.1 Å². The van der Waals surface area contributed by atoms with Crippen LogP contribution in [0.1, 0.15) is 58.9 Å². The Balaban J connectivity index is 1.43. The summed E-state index contributed by atoms with van der Waals surface area (Å²) >= 11 is 6.43. The second kappa shape index (κ2) is 10.8. The van der Waals surface area contributed by atoms with Gasteiger partial charge < -0.3 is 10.2 Å². The van der Waals surface area contributed by atoms with Gasteiger partial charge in [-0.3, -0.25) is 19.5 Å². The molecule has 1 N–H and O–H groups in total. The number of carbonyl (C=O) groups excluding carboxylic acids is 2. The summed E-state index contributed by atoms with van der Waals surface area (Å²) < 4.78 is 0. The Morgan fingerprint density at radius 1 is 1.20 bits per heavy atom. The molecule has 4 rings (SSSR count). The van der Waals surface area contributed by atoms with Gasteiger partial charge in [0.1, 0.15) is 0 Å². The van der Waals surface area contributed by atoms with Gasteiger partial charge >= 0.3 is 0 Å². The van der Waals surface area contributed by atoms with Crippen LogP contribution < -0.4 is 5.32 Å². The molecule has 0 spiro atoms. The van der Waals surface area contributed by atoms with E-state index in [1.165, 1.54) is 19.0 Å². The van der Waals surface area contributed by atoms with E-state index in [0.29, 0.717) is 35.2 Å². The van der Waals surface area contributed by atoms with Gasteiger partial charge in [0.25, 0.3) is 5.91 Å². The Morgan fingerprint density at radius 2 is 1.97 bits per heavy atom. The summed E-state index contributed by atoms with van der Waals surface area (Å²) in [4.78, 5) is 34.2. The SMILES string of the molecule is Cc1ncc(C(=O)Nc2cc(Cl)cc(CN3CCN(C(=O)CC4CC4)[C@@H](C)C3)c2C)cc1CC#N. The van der Waals surface area contributed by atoms with Gasteiger partial charge in [0, 0.05) is 61.2 Å². The monoisotopic (exact) mass is 493 g/mol. The number of benzene rings is 1. The number of hydrogen-bond donors (Lipinski definition) is 1. The number of pyridine rings is 1. The predicted molar refractivity (Wildman–Crippen MR) is 136 cm³/mol. The summed E-state index contributed by atoms with van der Waals surface area (Å²) in [6, 6.07) is 7.70. The maximum atomic E-state index is 12.9. The summed E-state index contributed by atoms with van der Waals surface area (Å²) in [6.45, 7) is 8.97. The van der Waals surface area contributed by atoms with E-state index >= 15 is 0 Å². The number of anilines is 1. The van der Waals surface area contributed by atoms with Crippen LogP contribution in [0.3, 0.4) is 0 Å². The number of aryl methyl sites for hydroxylation is 1. The molecule has 1 aromatic carbocycles. The lowest BCUT2D eigenvalue weighted by Crippen LogP contribution is -2.53. The van der Waals surface area contributed by atoms with Crippen LogP contribution in [0.25, 0.3) is 0 Å². The molecule has 2 heterocycles. The minimum Gasteiger partial charge on any atom is -0.337 e. The average Bonchev–Trinajstić information content (AvgIpc) is 3.62. The van der Waals surface area contributed by atoms with E-state index in [1.807, 2.05) is 24.8 Å². The number of carbonyl (C=O) groups is 2. The summed E-state index contributed by atoms with van der Waals surface area (Å²) in [5.74, 6) is 0.598. The van der Waals surface area contributed by atoms with Crippen molar-refractivity contribution in [1.29, 1.82) is 5.26 Å². The fourth-order valence-electron chi connectivity index (χ4n) is 4.67. The highest BCUT2D eigenvalue weighted by molar-refractivity contribution is 6.31. The molecule has 184 valence electrons. The van der Waals surface area contributed by atoms with E-state index in [0.717, 1.165) is 42.0 Å². The van der Waals surface area contributed by atoms with Gasteiger partial charge in [-0.2, -0.15) is 5.26 Å². The first-order chi connectivity index (χ1) is 16.7. The van der Waals surface area contributed by atoms with E-state index in [2.05, 4.69) is 28.2 Å². The van der Waals surface area contributed by atoms with Crippen molar-refractivity contribution < 1.29 is 9.59 Å². The number of amides is 2. The van der Waals surface area contributed by atoms with Crippen LogP contribution in [0.5, 0.6) is 0 Å². The summed E-state index contributed by atoms with van der Waals surface area (Å²) in [5, 5.41) is 12.5. The molecule has 2 aliphatic rings. The Hall–Kier alpha value is -2.95. The van der Waals surface area contributed by atoms with Gasteiger partial charge in [0.15, 0.2) is 0 Å². The van der Waals surface area contributed by atoms with Crippen molar-refractivity contribution >= 4 is 29.1 Å². The van der Waals surface area contributed by atoms with Gasteiger partial charge in [-0.25, -0.2) is 0 Å². The molecule has 1 atom stereocenters. The lowest BCUT2D eigenvalue weighted by Gasteiger charge is -2.40. The summed E-state index contributed by atoms with van der Waals surface area (Å²) in [5.41, 5.74) is 4.55. The van der Waals surface area contributed by atoms with Gasteiger partial charge in [-0.15, -0.1) is 0 Å². The highest BCUT2D eigenvalue weighted by Gasteiger charge is 2.32. The number of halogens is 1. The van der Waals surface area contributed by atoms with E-state index < -0.39 is 0 Å². The van der Waals surface area contributed by atoms with Crippen molar-refractivity contribution in [1.82, 2.24) is 14.8 Å². The fourth-order valence-corrected chi connectivity index (χ4v) is 4.91. The Morgan fingerprint density at radius 3 is 2.66 bits per heavy atom. The van der Waals surface area contributed by atoms with Gasteiger partial charge in [0.2, 0.25) is 5.91 Å². The first-order valence-corrected chi connectivity index (χ1v) is 12.6. The van der Waals surface area contributed by atoms with Crippen LogP contribution in [-0.2, 0) is 17.8 Å². The van der Waals surface area contributed by atoms with Crippen molar-refractivity contribution in [3.63, 3.8) is 0 Å². The predicted octanol–water partition coefficient (Wildman–Crippen LogP) is 4.50. The topological polar surface area (TPSA) is 89.3 Å². The normalized spacial score (nSPS) is 18.3. The van der Waals surface area contributed by atoms with Crippen LogP contribution in [-0.4, -0.2) is 52.3 Å². The minimum absolute atomic E-state index is 0.172. The largest absolute Gasteiger partial charge is 0.337 e. The first-order valence-electron chi connectivity index (χ1n) is 12.2. The zero-order chi connectivity index (χ0) is 25.1. The third kappa shape index (κ3) is 6.19. The number of rotatable bonds is 7. The third-order valence-corrected chi connectivity index (χ3v) is 7.26. The second-order valence-corrected chi connectivity index (χ2v) is 10.3. The maximum absolute atomic E-state index is 12.9. The third-order valence-electron chi connectivity index (χ3n) is 7.04. The molecule has 8 heteroatoms. The Kier molecular flexibility index (Phi) is 7.73. The zero-order valence-corrected chi connectivity index (χ0v) is 21.4. The minimum atomic E-state index is -0.288. The average molecular weight is 494 g/mol. The maximum Gasteiger partial charge on any atom is 0.257 e. The van der Waals surface area contributed by atoms with Gasteiger partial charge in [-0.05, 0) is 74.4 Å². The van der Waals surface area contributed by atoms with Crippen molar-refractivity contribution in [2.24, 2.45) is 5.92 Å². The smallest absolute Gasteiger partial charge is 0.257 e. The lowest BCUT2D eigenvalue weighted by atomic mass is 10.0. The van der Waals surface area contributed by atoms with Crippen molar-refractivity contribution in [2.45, 2.75) is 59.0 Å². The molecule has 1 aliphatic heterocycles. The fraction of sp³-hybridized carbons (Fsp3) is 0.481. The van der Waals surface area contributed by atoms with E-state index in [1.54, 1.807) is 12.1 Å². The van der Waals surface area contributed by atoms with Crippen molar-refractivity contribution in [3.05, 3.63) is 57.4 Å². The number of nitrogens with one attached hydrogen (secondary N) is 1. The molecule has 2 aromatic rings. The molecule has 35 heavy (non-hydrogen) atoms. The molecular weight excluding hydrogens is 462 g/mol. The molecule has 0 unspecified atom stereocenters. The molecule has 1 aliphatic carbocycles. The number of nitriles is 1. The summed E-state index contributed by atoms with van der Waals surface area (Å²) in [6.07, 6.45) is 4.80. The molecule has 1 saturated carbocycles. The highest BCUT2D eigenvalue weighted by atomic mass is 35.5. The van der Waals surface area contributed by atoms with Crippen molar-refractivity contribution in [3.8, 4) is 6.07 Å². The van der Waals surface area contributed by atoms with Crippen LogP contribution in [0, 0.1) is 31.1 Å². The molecule has 2 amide bonds. The van der Waals surface area contributed by atoms with Crippen molar-refractivity contribution in [2.75, 3.05) is 25.0 Å². The number of piperazine rings is 1. The molecular formula is C27H32ClN5O2. The number of nitrogens with zero attached hydrogens (tertiary/aromatic N) is 4. The molecule has 2 fully saturated rings. The van der Waals surface area contributed by atoms with Crippen LogP contribution in [0.4, 0.5) is 5.69 Å². The van der Waals surface area contributed by atoms with Crippen LogP contribution in [0.2, 0.25) is 5.02 Å². The molecule has 0 bridgehead atoms. The number of hydrogen-bond acceptors (Lipinski definition) is 5. The Bertz CT molecular complexity index is 1170. The van der Waals surface area contributed by atoms with E-state index in [-0.39, 0.29) is 24.3 Å². The highest BCUT2D eigenvalue weighted by Crippen LogP contribution is 2.33. The van der Waals surface area contributed by atoms with E-state index in [9.17, 15) is 9.59 Å². The first kappa shape index (κ1) is 25.2. The summed E-state index contributed by atoms with van der Waals surface area (Å²) in [7, 11) is 0. The van der Waals surface area contributed by atoms with Crippen LogP contribution in [0.15, 0.2) is 24.4 Å².